The van der Waals surface area contributed by atoms with Crippen molar-refractivity contribution in [3.05, 3.63) is 43.5 Å². The molecule has 0 fully saturated rings. The molecule has 0 bridgehead atoms. The molecule has 154 valence electrons. The Labute approximate surface area is 177 Å². The van der Waals surface area contributed by atoms with Crippen molar-refractivity contribution in [2.75, 3.05) is 5.43 Å². The van der Waals surface area contributed by atoms with Crippen molar-refractivity contribution >= 4 is 39.1 Å². The van der Waals surface area contributed by atoms with Crippen LogP contribution in [0.15, 0.2) is 11.0 Å². The quantitative estimate of drug-likeness (QED) is 0.668. The minimum absolute atomic E-state index is 0.193. The summed E-state index contributed by atoms with van der Waals surface area (Å²) < 4.78 is 2.60. The third-order valence-electron chi connectivity index (χ3n) is 5.80. The number of hydrogen-bond acceptors (Lipinski definition) is 5. The van der Waals surface area contributed by atoms with Gasteiger partial charge in [-0.15, -0.1) is 11.3 Å². The zero-order valence-electron chi connectivity index (χ0n) is 17.2. The Morgan fingerprint density at radius 1 is 1.38 bits per heavy atom. The number of fused-ring (bicyclic) bond motifs is 3. The number of nitrogens with one attached hydrogen (secondary N) is 1. The molecule has 1 N–H and O–H groups in total. The third kappa shape index (κ3) is 3.38. The van der Waals surface area contributed by atoms with Crippen LogP contribution in [0.3, 0.4) is 0 Å². The highest BCUT2D eigenvalue weighted by atomic mass is 35.5. The number of aromatic nitrogens is 4. The maximum Gasteiger partial charge on any atom is 0.290 e. The summed E-state index contributed by atoms with van der Waals surface area (Å²) >= 11 is 7.67. The number of carbonyl (C=O) groups is 1. The SMILES string of the molecule is Cc1nc2sc3c(c2c(=O)n1NC(=O)c1c(Cl)cnn1C)CCC(C(C)(C)C)C3. The van der Waals surface area contributed by atoms with Crippen LogP contribution in [-0.2, 0) is 19.9 Å². The molecule has 1 aliphatic carbocycles. The van der Waals surface area contributed by atoms with E-state index in [4.69, 9.17) is 11.6 Å². The van der Waals surface area contributed by atoms with Crippen LogP contribution in [0.4, 0.5) is 0 Å². The van der Waals surface area contributed by atoms with Gasteiger partial charge in [0.25, 0.3) is 11.5 Å². The van der Waals surface area contributed by atoms with E-state index in [1.807, 2.05) is 0 Å². The van der Waals surface area contributed by atoms with E-state index >= 15 is 0 Å². The molecule has 1 amide bonds. The molecule has 1 aliphatic rings. The largest absolute Gasteiger partial charge is 0.290 e. The van der Waals surface area contributed by atoms with Gasteiger partial charge in [-0.2, -0.15) is 5.10 Å². The Balaban J connectivity index is 1.76. The van der Waals surface area contributed by atoms with Crippen LogP contribution < -0.4 is 11.0 Å². The zero-order chi connectivity index (χ0) is 21.1. The summed E-state index contributed by atoms with van der Waals surface area (Å²) in [6, 6.07) is 0. The van der Waals surface area contributed by atoms with Crippen molar-refractivity contribution in [3.63, 3.8) is 0 Å². The molecule has 1 atom stereocenters. The summed E-state index contributed by atoms with van der Waals surface area (Å²) in [6.45, 7) is 8.52. The zero-order valence-corrected chi connectivity index (χ0v) is 18.7. The molecule has 0 saturated carbocycles. The van der Waals surface area contributed by atoms with E-state index in [0.717, 1.165) is 29.7 Å². The van der Waals surface area contributed by atoms with E-state index in [9.17, 15) is 9.59 Å². The Morgan fingerprint density at radius 3 is 2.72 bits per heavy atom. The van der Waals surface area contributed by atoms with Crippen LogP contribution in [0.5, 0.6) is 0 Å². The molecule has 0 saturated heterocycles. The molecule has 4 rings (SSSR count). The summed E-state index contributed by atoms with van der Waals surface area (Å²) in [5.41, 5.74) is 3.91. The van der Waals surface area contributed by atoms with Crippen LogP contribution in [0.2, 0.25) is 5.02 Å². The normalized spacial score (nSPS) is 16.8. The summed E-state index contributed by atoms with van der Waals surface area (Å²) in [6.07, 6.45) is 4.27. The number of aryl methyl sites for hydroxylation is 3. The molecule has 1 unspecified atom stereocenters. The standard InChI is InChI=1S/C20H24ClN5O2S/c1-10-23-18-15(12-7-6-11(20(2,3)4)8-14(12)29-18)19(28)26(10)24-17(27)16-13(21)9-22-25(16)5/h9,11H,6-8H2,1-5H3,(H,24,27). The van der Waals surface area contributed by atoms with Crippen LogP contribution >= 0.6 is 22.9 Å². The maximum atomic E-state index is 13.3. The first kappa shape index (κ1) is 20.1. The summed E-state index contributed by atoms with van der Waals surface area (Å²) in [5, 5.41) is 4.82. The first-order valence-electron chi connectivity index (χ1n) is 9.60. The van der Waals surface area contributed by atoms with Gasteiger partial charge < -0.3 is 0 Å². The summed E-state index contributed by atoms with van der Waals surface area (Å²) in [5.74, 6) is 0.511. The van der Waals surface area contributed by atoms with Crippen molar-refractivity contribution < 1.29 is 4.79 Å². The van der Waals surface area contributed by atoms with Gasteiger partial charge in [0.05, 0.1) is 16.6 Å². The number of halogens is 1. The molecule has 0 aliphatic heterocycles. The highest BCUT2D eigenvalue weighted by Gasteiger charge is 2.32. The number of rotatable bonds is 2. The van der Waals surface area contributed by atoms with Crippen LogP contribution in [0.25, 0.3) is 10.2 Å². The van der Waals surface area contributed by atoms with E-state index in [-0.39, 0.29) is 21.7 Å². The second-order valence-electron chi connectivity index (χ2n) is 8.69. The van der Waals surface area contributed by atoms with E-state index in [0.29, 0.717) is 17.1 Å². The molecule has 3 aromatic rings. The first-order chi connectivity index (χ1) is 13.6. The molecule has 0 radical (unpaired) electrons. The van der Waals surface area contributed by atoms with Gasteiger partial charge in [-0.05, 0) is 43.1 Å². The van der Waals surface area contributed by atoms with Gasteiger partial charge in [0.15, 0.2) is 0 Å². The van der Waals surface area contributed by atoms with Crippen molar-refractivity contribution in [3.8, 4) is 0 Å². The fourth-order valence-electron chi connectivity index (χ4n) is 4.02. The topological polar surface area (TPSA) is 81.8 Å². The predicted molar refractivity (Wildman–Crippen MR) is 115 cm³/mol. The highest BCUT2D eigenvalue weighted by Crippen LogP contribution is 2.42. The average Bonchev–Trinajstić information content (AvgIpc) is 3.16. The van der Waals surface area contributed by atoms with Crippen molar-refractivity contribution in [1.29, 1.82) is 0 Å². The smallest absolute Gasteiger partial charge is 0.267 e. The molecule has 3 heterocycles. The lowest BCUT2D eigenvalue weighted by Gasteiger charge is -2.33. The molecular formula is C20H24ClN5O2S. The minimum atomic E-state index is -0.502. The Hall–Kier alpha value is -2.19. The van der Waals surface area contributed by atoms with Crippen LogP contribution in [0.1, 0.15) is 53.9 Å². The Morgan fingerprint density at radius 2 is 2.10 bits per heavy atom. The molecule has 29 heavy (non-hydrogen) atoms. The second kappa shape index (κ2) is 6.95. The van der Waals surface area contributed by atoms with Gasteiger partial charge in [0, 0.05) is 11.9 Å². The van der Waals surface area contributed by atoms with Crippen molar-refractivity contribution in [2.24, 2.45) is 18.4 Å². The monoisotopic (exact) mass is 433 g/mol. The van der Waals surface area contributed by atoms with Gasteiger partial charge in [-0.3, -0.25) is 19.7 Å². The average molecular weight is 434 g/mol. The van der Waals surface area contributed by atoms with Gasteiger partial charge in [0.1, 0.15) is 16.3 Å². The lowest BCUT2D eigenvalue weighted by atomic mass is 9.72. The molecule has 7 nitrogen and oxygen atoms in total. The van der Waals surface area contributed by atoms with E-state index < -0.39 is 5.91 Å². The molecule has 9 heteroatoms. The number of thiophene rings is 1. The third-order valence-corrected chi connectivity index (χ3v) is 7.22. The lowest BCUT2D eigenvalue weighted by molar-refractivity contribution is 0.0997. The number of amides is 1. The van der Waals surface area contributed by atoms with Gasteiger partial charge in [-0.1, -0.05) is 32.4 Å². The predicted octanol–water partition coefficient (Wildman–Crippen LogP) is 3.69. The minimum Gasteiger partial charge on any atom is -0.267 e. The van der Waals surface area contributed by atoms with Gasteiger partial charge in [0.2, 0.25) is 0 Å². The molecule has 3 aromatic heterocycles. The van der Waals surface area contributed by atoms with E-state index in [1.165, 1.54) is 20.4 Å². The van der Waals surface area contributed by atoms with Gasteiger partial charge >= 0.3 is 0 Å². The lowest BCUT2D eigenvalue weighted by Crippen LogP contribution is -2.36. The van der Waals surface area contributed by atoms with Gasteiger partial charge in [-0.25, -0.2) is 9.66 Å². The van der Waals surface area contributed by atoms with Crippen LogP contribution in [0, 0.1) is 18.3 Å². The number of carbonyl (C=O) groups excluding carboxylic acids is 1. The van der Waals surface area contributed by atoms with E-state index in [1.54, 1.807) is 25.3 Å². The van der Waals surface area contributed by atoms with Crippen molar-refractivity contribution in [2.45, 2.75) is 47.0 Å². The fourth-order valence-corrected chi connectivity index (χ4v) is 5.61. The second-order valence-corrected chi connectivity index (χ2v) is 10.2. The Bertz CT molecular complexity index is 1160. The molecule has 0 spiro atoms. The molecule has 0 aromatic carbocycles. The van der Waals surface area contributed by atoms with Crippen molar-refractivity contribution in [1.82, 2.24) is 19.4 Å². The van der Waals surface area contributed by atoms with Crippen LogP contribution in [-0.4, -0.2) is 25.3 Å². The highest BCUT2D eigenvalue weighted by molar-refractivity contribution is 7.18. The first-order valence-corrected chi connectivity index (χ1v) is 10.8. The summed E-state index contributed by atoms with van der Waals surface area (Å²) in [4.78, 5) is 32.6. The molecular weight excluding hydrogens is 410 g/mol. The summed E-state index contributed by atoms with van der Waals surface area (Å²) in [7, 11) is 1.62. The fraction of sp³-hybridized carbons (Fsp3) is 0.500. The maximum absolute atomic E-state index is 13.3. The Kier molecular flexibility index (Phi) is 4.82. The number of nitrogens with zero attached hydrogens (tertiary/aromatic N) is 4. The number of hydrogen-bond donors (Lipinski definition) is 1. The van der Waals surface area contributed by atoms with E-state index in [2.05, 4.69) is 36.3 Å².